The fourth-order valence-corrected chi connectivity index (χ4v) is 3.70. The van der Waals surface area contributed by atoms with Gasteiger partial charge < -0.3 is 10.0 Å². The molecular formula is C14H16N2O2S. The topological polar surface area (TPSA) is 53.4 Å². The zero-order valence-corrected chi connectivity index (χ0v) is 11.6. The predicted octanol–water partition coefficient (Wildman–Crippen LogP) is 3.05. The normalized spacial score (nSPS) is 19.8. The van der Waals surface area contributed by atoms with E-state index in [2.05, 4.69) is 18.0 Å². The number of benzene rings is 1. The summed E-state index contributed by atoms with van der Waals surface area (Å²) in [4.78, 5) is 17.9. The molecule has 1 aromatic heterocycles. The lowest BCUT2D eigenvalue weighted by molar-refractivity contribution is -0.139. The highest BCUT2D eigenvalue weighted by Crippen LogP contribution is 2.33. The standard InChI is InChI=1S/C14H16N2O2S/c1-9-5-6-10-12(8-9)19-14(15-10)16-7-3-2-4-11(16)13(17)18/h5-6,8,11H,2-4,7H2,1H3,(H,17,18). The number of aryl methyl sites for hydroxylation is 1. The van der Waals surface area contributed by atoms with Crippen LogP contribution in [-0.4, -0.2) is 28.6 Å². The van der Waals surface area contributed by atoms with Crippen LogP contribution in [-0.2, 0) is 4.79 Å². The first-order valence-corrected chi connectivity index (χ1v) is 7.33. The Morgan fingerprint density at radius 2 is 2.32 bits per heavy atom. The predicted molar refractivity (Wildman–Crippen MR) is 77.0 cm³/mol. The van der Waals surface area contributed by atoms with Crippen LogP contribution in [0.1, 0.15) is 24.8 Å². The minimum Gasteiger partial charge on any atom is -0.480 e. The molecule has 0 amide bonds. The van der Waals surface area contributed by atoms with Crippen molar-refractivity contribution in [3.8, 4) is 0 Å². The van der Waals surface area contributed by atoms with Crippen LogP contribution < -0.4 is 4.90 Å². The Balaban J connectivity index is 1.99. The molecule has 1 aliphatic heterocycles. The number of rotatable bonds is 2. The number of piperidine rings is 1. The summed E-state index contributed by atoms with van der Waals surface area (Å²) >= 11 is 1.59. The number of thiazole rings is 1. The Labute approximate surface area is 115 Å². The molecule has 1 aromatic carbocycles. The SMILES string of the molecule is Cc1ccc2nc(N3CCCCC3C(=O)O)sc2c1. The zero-order valence-electron chi connectivity index (χ0n) is 10.8. The van der Waals surface area contributed by atoms with Crippen LogP contribution in [0.15, 0.2) is 18.2 Å². The molecule has 3 rings (SSSR count). The molecule has 1 fully saturated rings. The van der Waals surface area contributed by atoms with E-state index in [1.165, 1.54) is 5.56 Å². The van der Waals surface area contributed by atoms with Gasteiger partial charge in [0.05, 0.1) is 10.2 Å². The Morgan fingerprint density at radius 1 is 1.47 bits per heavy atom. The van der Waals surface area contributed by atoms with Crippen molar-refractivity contribution in [3.63, 3.8) is 0 Å². The van der Waals surface area contributed by atoms with Crippen molar-refractivity contribution in [1.29, 1.82) is 0 Å². The average molecular weight is 276 g/mol. The number of carboxylic acid groups (broad SMARTS) is 1. The van der Waals surface area contributed by atoms with Gasteiger partial charge in [-0.25, -0.2) is 9.78 Å². The number of aromatic nitrogens is 1. The van der Waals surface area contributed by atoms with Crippen molar-refractivity contribution in [2.24, 2.45) is 0 Å². The Morgan fingerprint density at radius 3 is 3.11 bits per heavy atom. The minimum absolute atomic E-state index is 0.421. The van der Waals surface area contributed by atoms with Crippen LogP contribution in [0.2, 0.25) is 0 Å². The summed E-state index contributed by atoms with van der Waals surface area (Å²) in [5.74, 6) is -0.741. The Hall–Kier alpha value is -1.62. The molecule has 4 nitrogen and oxygen atoms in total. The summed E-state index contributed by atoms with van der Waals surface area (Å²) in [6.45, 7) is 2.84. The lowest BCUT2D eigenvalue weighted by Gasteiger charge is -2.32. The van der Waals surface area contributed by atoms with Gasteiger partial charge in [0.25, 0.3) is 0 Å². The molecule has 1 N–H and O–H groups in total. The van der Waals surface area contributed by atoms with Gasteiger partial charge in [-0.1, -0.05) is 17.4 Å². The molecule has 0 radical (unpaired) electrons. The first kappa shape index (κ1) is 12.4. The van der Waals surface area contributed by atoms with Crippen LogP contribution in [0.4, 0.5) is 5.13 Å². The van der Waals surface area contributed by atoms with Gasteiger partial charge in [-0.15, -0.1) is 0 Å². The van der Waals surface area contributed by atoms with Crippen LogP contribution in [0.25, 0.3) is 10.2 Å². The van der Waals surface area contributed by atoms with Gasteiger partial charge in [0, 0.05) is 6.54 Å². The van der Waals surface area contributed by atoms with E-state index in [1.54, 1.807) is 11.3 Å². The highest BCUT2D eigenvalue weighted by molar-refractivity contribution is 7.22. The van der Waals surface area contributed by atoms with Gasteiger partial charge >= 0.3 is 5.97 Å². The summed E-state index contributed by atoms with van der Waals surface area (Å²) in [5, 5.41) is 10.2. The summed E-state index contributed by atoms with van der Waals surface area (Å²) in [5.41, 5.74) is 2.16. The lowest BCUT2D eigenvalue weighted by Crippen LogP contribution is -2.44. The molecule has 0 aliphatic carbocycles. The molecule has 100 valence electrons. The highest BCUT2D eigenvalue weighted by atomic mass is 32.1. The summed E-state index contributed by atoms with van der Waals surface area (Å²) < 4.78 is 1.13. The largest absolute Gasteiger partial charge is 0.480 e. The number of fused-ring (bicyclic) bond motifs is 1. The molecule has 19 heavy (non-hydrogen) atoms. The minimum atomic E-state index is -0.741. The molecule has 1 unspecified atom stereocenters. The van der Waals surface area contributed by atoms with E-state index in [4.69, 9.17) is 0 Å². The molecule has 0 saturated carbocycles. The van der Waals surface area contributed by atoms with E-state index in [0.717, 1.165) is 34.7 Å². The average Bonchev–Trinajstić information content (AvgIpc) is 2.81. The second-order valence-electron chi connectivity index (χ2n) is 5.01. The van der Waals surface area contributed by atoms with E-state index in [1.807, 2.05) is 17.0 Å². The first-order chi connectivity index (χ1) is 9.15. The number of aliphatic carboxylic acids is 1. The van der Waals surface area contributed by atoms with Crippen molar-refractivity contribution >= 4 is 32.7 Å². The second-order valence-corrected chi connectivity index (χ2v) is 6.02. The van der Waals surface area contributed by atoms with Gasteiger partial charge in [-0.05, 0) is 43.9 Å². The molecular weight excluding hydrogens is 260 g/mol. The highest BCUT2D eigenvalue weighted by Gasteiger charge is 2.30. The maximum absolute atomic E-state index is 11.3. The van der Waals surface area contributed by atoms with E-state index >= 15 is 0 Å². The third kappa shape index (κ3) is 2.30. The van der Waals surface area contributed by atoms with Crippen LogP contribution in [0, 0.1) is 6.92 Å². The molecule has 1 aliphatic rings. The number of nitrogens with zero attached hydrogens (tertiary/aromatic N) is 2. The quantitative estimate of drug-likeness (QED) is 0.916. The molecule has 2 heterocycles. The fourth-order valence-electron chi connectivity index (χ4n) is 2.56. The smallest absolute Gasteiger partial charge is 0.326 e. The number of hydrogen-bond acceptors (Lipinski definition) is 4. The summed E-state index contributed by atoms with van der Waals surface area (Å²) in [7, 11) is 0. The van der Waals surface area contributed by atoms with Gasteiger partial charge in [0.1, 0.15) is 6.04 Å². The van der Waals surface area contributed by atoms with Gasteiger partial charge in [-0.2, -0.15) is 0 Å². The second kappa shape index (κ2) is 4.81. The Kier molecular flexibility index (Phi) is 3.14. The monoisotopic (exact) mass is 276 g/mol. The van der Waals surface area contributed by atoms with E-state index < -0.39 is 12.0 Å². The van der Waals surface area contributed by atoms with Gasteiger partial charge in [0.2, 0.25) is 0 Å². The maximum atomic E-state index is 11.3. The van der Waals surface area contributed by atoms with Gasteiger partial charge in [-0.3, -0.25) is 0 Å². The molecule has 1 saturated heterocycles. The van der Waals surface area contributed by atoms with Crippen molar-refractivity contribution in [2.75, 3.05) is 11.4 Å². The number of anilines is 1. The van der Waals surface area contributed by atoms with E-state index in [0.29, 0.717) is 6.42 Å². The molecule has 0 spiro atoms. The summed E-state index contributed by atoms with van der Waals surface area (Å²) in [6, 6.07) is 5.73. The lowest BCUT2D eigenvalue weighted by atomic mass is 10.0. The van der Waals surface area contributed by atoms with Crippen molar-refractivity contribution in [2.45, 2.75) is 32.2 Å². The zero-order chi connectivity index (χ0) is 13.4. The maximum Gasteiger partial charge on any atom is 0.326 e. The van der Waals surface area contributed by atoms with E-state index in [-0.39, 0.29) is 0 Å². The van der Waals surface area contributed by atoms with Gasteiger partial charge in [0.15, 0.2) is 5.13 Å². The molecule has 0 bridgehead atoms. The van der Waals surface area contributed by atoms with Crippen LogP contribution >= 0.6 is 11.3 Å². The number of carboxylic acids is 1. The van der Waals surface area contributed by atoms with E-state index in [9.17, 15) is 9.90 Å². The Bertz CT molecular complexity index is 623. The number of carbonyl (C=O) groups is 1. The van der Waals surface area contributed by atoms with Crippen LogP contribution in [0.3, 0.4) is 0 Å². The molecule has 5 heteroatoms. The number of hydrogen-bond donors (Lipinski definition) is 1. The fraction of sp³-hybridized carbons (Fsp3) is 0.429. The van der Waals surface area contributed by atoms with Crippen molar-refractivity contribution < 1.29 is 9.90 Å². The first-order valence-electron chi connectivity index (χ1n) is 6.52. The van der Waals surface area contributed by atoms with Crippen LogP contribution in [0.5, 0.6) is 0 Å². The summed E-state index contributed by atoms with van der Waals surface area (Å²) in [6.07, 6.45) is 2.74. The molecule has 1 atom stereocenters. The third-order valence-electron chi connectivity index (χ3n) is 3.57. The van der Waals surface area contributed by atoms with Crippen molar-refractivity contribution in [3.05, 3.63) is 23.8 Å². The van der Waals surface area contributed by atoms with Crippen molar-refractivity contribution in [1.82, 2.24) is 4.98 Å². The third-order valence-corrected chi connectivity index (χ3v) is 4.62. The molecule has 2 aromatic rings.